The molecule has 2 fully saturated rings. The maximum absolute atomic E-state index is 13.3. The third-order valence-corrected chi connectivity index (χ3v) is 6.27. The largest absolute Gasteiger partial charge is 0.495 e. The van der Waals surface area contributed by atoms with Crippen molar-refractivity contribution in [3.8, 4) is 5.75 Å². The lowest BCUT2D eigenvalue weighted by molar-refractivity contribution is -0.0605. The maximum Gasteiger partial charge on any atom is 0.193 e. The zero-order valence-electron chi connectivity index (χ0n) is 19.5. The fourth-order valence-corrected chi connectivity index (χ4v) is 4.66. The van der Waals surface area contributed by atoms with Crippen molar-refractivity contribution in [3.05, 3.63) is 59.9 Å². The Labute approximate surface area is 213 Å². The van der Waals surface area contributed by atoms with E-state index < -0.39 is 0 Å². The predicted molar refractivity (Wildman–Crippen MR) is 141 cm³/mol. The Hall–Kier alpha value is -2.07. The lowest BCUT2D eigenvalue weighted by Gasteiger charge is -2.39. The van der Waals surface area contributed by atoms with Crippen molar-refractivity contribution in [2.75, 3.05) is 51.8 Å². The van der Waals surface area contributed by atoms with Gasteiger partial charge in [-0.05, 0) is 49.1 Å². The summed E-state index contributed by atoms with van der Waals surface area (Å²) in [4.78, 5) is 9.18. The van der Waals surface area contributed by atoms with Gasteiger partial charge in [-0.3, -0.25) is 4.99 Å². The number of morpholine rings is 1. The van der Waals surface area contributed by atoms with Crippen LogP contribution >= 0.6 is 24.0 Å². The van der Waals surface area contributed by atoms with Gasteiger partial charge in [0.05, 0.1) is 25.4 Å². The summed E-state index contributed by atoms with van der Waals surface area (Å²) >= 11 is 0. The molecule has 0 aromatic heterocycles. The minimum absolute atomic E-state index is 0. The lowest BCUT2D eigenvalue weighted by Crippen LogP contribution is -2.51. The molecule has 2 heterocycles. The molecule has 0 amide bonds. The van der Waals surface area contributed by atoms with Crippen molar-refractivity contribution in [2.45, 2.75) is 25.6 Å². The Morgan fingerprint density at radius 2 is 1.91 bits per heavy atom. The van der Waals surface area contributed by atoms with Crippen LogP contribution in [0.15, 0.2) is 53.5 Å². The lowest BCUT2D eigenvalue weighted by atomic mass is 10.1. The fraction of sp³-hybridized carbons (Fsp3) is 0.480. The van der Waals surface area contributed by atoms with Gasteiger partial charge in [-0.2, -0.15) is 0 Å². The topological polar surface area (TPSA) is 49.3 Å². The summed E-state index contributed by atoms with van der Waals surface area (Å²) in [5, 5.41) is 3.59. The molecule has 2 aromatic carbocycles. The first-order chi connectivity index (χ1) is 15.6. The normalized spacial score (nSPS) is 23.3. The summed E-state index contributed by atoms with van der Waals surface area (Å²) in [6.45, 7) is 6.40. The smallest absolute Gasteiger partial charge is 0.193 e. The van der Waals surface area contributed by atoms with Crippen LogP contribution in [-0.2, 0) is 4.74 Å². The minimum atomic E-state index is -0.231. The van der Waals surface area contributed by atoms with Crippen LogP contribution < -0.4 is 15.0 Å². The summed E-state index contributed by atoms with van der Waals surface area (Å²) in [6, 6.07) is 14.8. The first-order valence-corrected chi connectivity index (χ1v) is 11.3. The number of hydrogen-bond donors (Lipinski definition) is 1. The van der Waals surface area contributed by atoms with Crippen LogP contribution in [0.2, 0.25) is 0 Å². The average molecular weight is 568 g/mol. The second-order valence-electron chi connectivity index (χ2n) is 8.59. The molecule has 0 aliphatic carbocycles. The van der Waals surface area contributed by atoms with Crippen LogP contribution in [0, 0.1) is 11.7 Å². The third kappa shape index (κ3) is 6.29. The number of rotatable bonds is 5. The number of para-hydroxylation sites is 2. The molecule has 3 atom stereocenters. The zero-order valence-corrected chi connectivity index (χ0v) is 21.9. The Bertz CT molecular complexity index is 927. The maximum atomic E-state index is 13.3. The van der Waals surface area contributed by atoms with Gasteiger partial charge < -0.3 is 24.6 Å². The van der Waals surface area contributed by atoms with Gasteiger partial charge >= 0.3 is 0 Å². The summed E-state index contributed by atoms with van der Waals surface area (Å²) in [7, 11) is 3.55. The van der Waals surface area contributed by atoms with Crippen LogP contribution in [0.3, 0.4) is 0 Å². The van der Waals surface area contributed by atoms with E-state index in [1.54, 1.807) is 19.2 Å². The Balaban J connectivity index is 0.00000306. The predicted octanol–water partition coefficient (Wildman–Crippen LogP) is 4.32. The van der Waals surface area contributed by atoms with Crippen molar-refractivity contribution < 1.29 is 13.9 Å². The van der Waals surface area contributed by atoms with Crippen molar-refractivity contribution in [1.29, 1.82) is 0 Å². The Morgan fingerprint density at radius 1 is 1.15 bits per heavy atom. The Kier molecular flexibility index (Phi) is 9.19. The molecule has 0 spiro atoms. The molecule has 2 aliphatic heterocycles. The van der Waals surface area contributed by atoms with E-state index in [4.69, 9.17) is 9.47 Å². The van der Waals surface area contributed by atoms with Gasteiger partial charge in [-0.15, -0.1) is 24.0 Å². The van der Waals surface area contributed by atoms with E-state index in [9.17, 15) is 4.39 Å². The van der Waals surface area contributed by atoms with Crippen LogP contribution in [0.25, 0.3) is 0 Å². The van der Waals surface area contributed by atoms with E-state index in [1.807, 2.05) is 19.2 Å². The van der Waals surface area contributed by atoms with Gasteiger partial charge in [-0.25, -0.2) is 4.39 Å². The first-order valence-electron chi connectivity index (χ1n) is 11.3. The number of nitrogens with zero attached hydrogens (tertiary/aromatic N) is 3. The van der Waals surface area contributed by atoms with E-state index in [-0.39, 0.29) is 42.0 Å². The summed E-state index contributed by atoms with van der Waals surface area (Å²) < 4.78 is 25.0. The van der Waals surface area contributed by atoms with E-state index in [0.29, 0.717) is 12.5 Å². The highest BCUT2D eigenvalue weighted by molar-refractivity contribution is 14.0. The van der Waals surface area contributed by atoms with Gasteiger partial charge in [0.15, 0.2) is 5.96 Å². The van der Waals surface area contributed by atoms with E-state index in [0.717, 1.165) is 55.6 Å². The van der Waals surface area contributed by atoms with Crippen molar-refractivity contribution >= 4 is 35.6 Å². The standard InChI is InChI=1S/C25H33FN4O2.HI/c1-18-15-30(17-24(32-18)20-8-10-21(26)11-9-20)25(27-2)28-14-19-12-13-29(16-19)22-6-4-5-7-23(22)31-3;/h4-11,18-19,24H,12-17H2,1-3H3,(H,27,28);1H. The number of hydrogen-bond acceptors (Lipinski definition) is 4. The number of aliphatic imine (C=N–C) groups is 1. The molecule has 0 bridgehead atoms. The molecule has 2 aliphatic rings. The molecule has 4 rings (SSSR count). The molecular weight excluding hydrogens is 534 g/mol. The molecule has 33 heavy (non-hydrogen) atoms. The summed E-state index contributed by atoms with van der Waals surface area (Å²) in [6.07, 6.45) is 1.08. The average Bonchev–Trinajstić information content (AvgIpc) is 3.28. The van der Waals surface area contributed by atoms with Gasteiger partial charge in [0, 0.05) is 33.2 Å². The number of methoxy groups -OCH3 is 1. The number of benzene rings is 2. The molecule has 0 saturated carbocycles. The molecule has 180 valence electrons. The van der Waals surface area contributed by atoms with Crippen LogP contribution in [0.5, 0.6) is 5.75 Å². The van der Waals surface area contributed by atoms with Crippen LogP contribution in [0.1, 0.15) is 25.0 Å². The van der Waals surface area contributed by atoms with Crippen molar-refractivity contribution in [3.63, 3.8) is 0 Å². The second kappa shape index (κ2) is 11.9. The van der Waals surface area contributed by atoms with E-state index >= 15 is 0 Å². The summed E-state index contributed by atoms with van der Waals surface area (Å²) in [5.74, 6) is 2.11. The molecule has 3 unspecified atom stereocenters. The van der Waals surface area contributed by atoms with Gasteiger partial charge in [0.25, 0.3) is 0 Å². The monoisotopic (exact) mass is 568 g/mol. The fourth-order valence-electron chi connectivity index (χ4n) is 4.66. The number of ether oxygens (including phenoxy) is 2. The molecule has 2 saturated heterocycles. The molecule has 6 nitrogen and oxygen atoms in total. The van der Waals surface area contributed by atoms with Gasteiger partial charge in [0.2, 0.25) is 0 Å². The van der Waals surface area contributed by atoms with E-state index in [1.165, 1.54) is 12.1 Å². The molecule has 1 N–H and O–H groups in total. The second-order valence-corrected chi connectivity index (χ2v) is 8.59. The number of anilines is 1. The van der Waals surface area contributed by atoms with Gasteiger partial charge in [-0.1, -0.05) is 24.3 Å². The van der Waals surface area contributed by atoms with Crippen molar-refractivity contribution in [1.82, 2.24) is 10.2 Å². The molecule has 2 aromatic rings. The third-order valence-electron chi connectivity index (χ3n) is 6.27. The Morgan fingerprint density at radius 3 is 2.64 bits per heavy atom. The van der Waals surface area contributed by atoms with Crippen molar-refractivity contribution in [2.24, 2.45) is 10.9 Å². The first kappa shape index (κ1) is 25.6. The minimum Gasteiger partial charge on any atom is -0.495 e. The quantitative estimate of drug-likeness (QED) is 0.331. The number of guanidine groups is 1. The summed E-state index contributed by atoms with van der Waals surface area (Å²) in [5.41, 5.74) is 2.15. The molecular formula is C25H34FIN4O2. The highest BCUT2D eigenvalue weighted by atomic mass is 127. The SMILES string of the molecule is CN=C(NCC1CCN(c2ccccc2OC)C1)N1CC(C)OC(c2ccc(F)cc2)C1.I. The molecule has 8 heteroatoms. The van der Waals surface area contributed by atoms with Gasteiger partial charge in [0.1, 0.15) is 17.7 Å². The van der Waals surface area contributed by atoms with Crippen LogP contribution in [-0.4, -0.2) is 63.8 Å². The van der Waals surface area contributed by atoms with E-state index in [2.05, 4.69) is 39.2 Å². The number of halogens is 2. The number of nitrogens with one attached hydrogen (secondary N) is 1. The van der Waals surface area contributed by atoms with Crippen LogP contribution in [0.4, 0.5) is 10.1 Å². The molecule has 0 radical (unpaired) electrons. The highest BCUT2D eigenvalue weighted by Crippen LogP contribution is 2.32. The highest BCUT2D eigenvalue weighted by Gasteiger charge is 2.30. The zero-order chi connectivity index (χ0) is 22.5.